The molecule has 0 unspecified atom stereocenters. The van der Waals surface area contributed by atoms with Crippen molar-refractivity contribution in [1.82, 2.24) is 0 Å². The molecule has 0 saturated heterocycles. The molecule has 0 aliphatic heterocycles. The summed E-state index contributed by atoms with van der Waals surface area (Å²) in [6, 6.07) is 94.6. The van der Waals surface area contributed by atoms with E-state index in [9.17, 15) is 19.2 Å². The molecule has 0 saturated carbocycles. The summed E-state index contributed by atoms with van der Waals surface area (Å²) in [6.07, 6.45) is 0.0400. The topological polar surface area (TPSA) is 186 Å². The van der Waals surface area contributed by atoms with Crippen molar-refractivity contribution in [1.29, 1.82) is 0 Å². The van der Waals surface area contributed by atoms with E-state index in [0.29, 0.717) is 44.4 Å². The lowest BCUT2D eigenvalue weighted by atomic mass is 10.1. The van der Waals surface area contributed by atoms with Gasteiger partial charge in [-0.25, -0.2) is 20.0 Å². The Labute approximate surface area is 585 Å². The first-order valence-electron chi connectivity index (χ1n) is 30.5. The second-order valence-electron chi connectivity index (χ2n) is 21.2. The first-order chi connectivity index (χ1) is 47.0. The lowest BCUT2D eigenvalue weighted by Gasteiger charge is -2.15. The van der Waals surface area contributed by atoms with Crippen LogP contribution in [0, 0.1) is 0 Å². The van der Waals surface area contributed by atoms with Gasteiger partial charge in [0.05, 0.1) is 35.0 Å². The Morgan fingerprint density at radius 1 is 0.299 bits per heavy atom. The number of aliphatic imine (C=N–C) groups is 4. The van der Waals surface area contributed by atoms with E-state index in [0.717, 1.165) is 62.1 Å². The highest BCUT2D eigenvalue weighted by molar-refractivity contribution is 6.71. The van der Waals surface area contributed by atoms with E-state index < -0.39 is 10.5 Å². The largest absolute Gasteiger partial charge is 0.475 e. The molecule has 0 aliphatic carbocycles. The standard InChI is InChI=1S/C26H28N2O2.C20H14Cl2N2.C20H16N2O2.C8H4Cl2O2.C6H7N/c1-19(2)29-25(27-23-11-7-5-8-12-23)21-15-17-22(18-16-21)26(30-20(3)4)28-24-13-9-6-10-14-24;21-19(23-17-7-3-1-4-8-17)15-11-13-16(14-12-15)20(22)24-18-9-5-2-6-10-18;23-19(21-17-7-3-1-4-8-17)15-11-13-16(14-12-15)20(24)22-18-9-5-2-6-10-18;9-7(11)5-1-2-6(4-3-5)8(10)12;7-6-4-2-1-3-5-6/h5-20H,1-4H3;1-14H;1-14H,(H,21,23)(H,22,24);1-4H;1-5H,7H2. The molecule has 0 atom stereocenters. The van der Waals surface area contributed by atoms with Crippen molar-refractivity contribution < 1.29 is 28.7 Å². The maximum atomic E-state index is 12.2. The van der Waals surface area contributed by atoms with Crippen molar-refractivity contribution in [3.8, 4) is 0 Å². The minimum Gasteiger partial charge on any atom is -0.475 e. The Balaban J connectivity index is 0.000000181. The van der Waals surface area contributed by atoms with Gasteiger partial charge in [0, 0.05) is 61.6 Å². The number of nitrogens with zero attached hydrogens (tertiary/aromatic N) is 4. The second-order valence-corrected chi connectivity index (χ2v) is 22.6. The third-order valence-electron chi connectivity index (χ3n) is 13.0. The minimum absolute atomic E-state index is 0.0200. The van der Waals surface area contributed by atoms with Gasteiger partial charge in [-0.3, -0.25) is 19.2 Å². The number of ether oxygens (including phenoxy) is 2. The second kappa shape index (κ2) is 39.6. The highest BCUT2D eigenvalue weighted by atomic mass is 35.5. The summed E-state index contributed by atoms with van der Waals surface area (Å²) in [5.41, 5.74) is 16.1. The number of rotatable bonds is 16. The third kappa shape index (κ3) is 26.3. The van der Waals surface area contributed by atoms with Crippen molar-refractivity contribution in [2.75, 3.05) is 16.4 Å². The maximum Gasteiger partial charge on any atom is 0.255 e. The van der Waals surface area contributed by atoms with Crippen molar-refractivity contribution in [2.45, 2.75) is 39.9 Å². The van der Waals surface area contributed by atoms with Crippen LogP contribution in [0.3, 0.4) is 0 Å². The Kier molecular flexibility index (Phi) is 29.9. The molecule has 4 N–H and O–H groups in total. The van der Waals surface area contributed by atoms with Crippen LogP contribution in [0.2, 0.25) is 0 Å². The molecule has 11 rings (SSSR count). The van der Waals surface area contributed by atoms with Gasteiger partial charge in [0.2, 0.25) is 11.8 Å². The molecule has 0 aliphatic rings. The van der Waals surface area contributed by atoms with Crippen molar-refractivity contribution in [3.05, 3.63) is 354 Å². The van der Waals surface area contributed by atoms with Gasteiger partial charge >= 0.3 is 0 Å². The maximum absolute atomic E-state index is 12.2. The molecule has 11 aromatic carbocycles. The number of amides is 2. The van der Waals surface area contributed by atoms with E-state index in [-0.39, 0.29) is 24.0 Å². The summed E-state index contributed by atoms with van der Waals surface area (Å²) in [5.74, 6) is 0.760. The molecule has 0 radical (unpaired) electrons. The number of anilines is 3. The minimum atomic E-state index is -0.552. The van der Waals surface area contributed by atoms with E-state index in [1.807, 2.05) is 289 Å². The summed E-state index contributed by atoms with van der Waals surface area (Å²) >= 11 is 22.9. The Hall–Kier alpha value is -11.1. The lowest BCUT2D eigenvalue weighted by molar-refractivity contribution is 0.101. The molecule has 2 amide bonds. The molecule has 17 heteroatoms. The fraction of sp³-hybridized carbons (Fsp3) is 0.0750. The van der Waals surface area contributed by atoms with Crippen molar-refractivity contribution in [2.24, 2.45) is 20.0 Å². The van der Waals surface area contributed by atoms with Crippen LogP contribution in [0.4, 0.5) is 39.8 Å². The van der Waals surface area contributed by atoms with Gasteiger partial charge in [-0.15, -0.1) is 0 Å². The zero-order chi connectivity index (χ0) is 69.2. The smallest absolute Gasteiger partial charge is 0.255 e. The molecule has 11 aromatic rings. The SMILES string of the molecule is CC(C)OC(=Nc1ccccc1)c1ccc(C(=Nc2ccccc2)OC(C)C)cc1.ClC(=Nc1ccccc1)c1ccc(C(Cl)=Nc2ccccc2)cc1.Nc1ccccc1.O=C(Cl)c1ccc(C(=O)Cl)cc1.O=C(Nc1ccccc1)c1ccc(C(=O)Nc2ccccc2)cc1. The Morgan fingerprint density at radius 2 is 0.526 bits per heavy atom. The van der Waals surface area contributed by atoms with Crippen LogP contribution in [0.15, 0.2) is 329 Å². The van der Waals surface area contributed by atoms with Gasteiger partial charge in [0.25, 0.3) is 22.3 Å². The lowest BCUT2D eigenvalue weighted by Crippen LogP contribution is -2.15. The molecule has 0 bridgehead atoms. The number of nitrogen functional groups attached to an aromatic ring is 1. The van der Waals surface area contributed by atoms with Crippen LogP contribution in [0.25, 0.3) is 0 Å². The van der Waals surface area contributed by atoms with Crippen molar-refractivity contribution >= 4 is 131 Å². The van der Waals surface area contributed by atoms with E-state index >= 15 is 0 Å². The number of hydrogen-bond acceptors (Lipinski definition) is 11. The number of carbonyl (C=O) groups excluding carboxylic acids is 4. The monoisotopic (exact) mass is 1360 g/mol. The molecule has 0 spiro atoms. The van der Waals surface area contributed by atoms with Crippen molar-refractivity contribution in [3.63, 3.8) is 0 Å². The summed E-state index contributed by atoms with van der Waals surface area (Å²) in [6.45, 7) is 7.98. The molecule has 0 aromatic heterocycles. The number of nitrogens with two attached hydrogens (primary N) is 1. The van der Waals surface area contributed by atoms with Crippen LogP contribution in [-0.2, 0) is 9.47 Å². The number of carbonyl (C=O) groups is 4. The van der Waals surface area contributed by atoms with Gasteiger partial charge in [-0.05, 0) is 209 Å². The fourth-order valence-corrected chi connectivity index (χ4v) is 8.97. The van der Waals surface area contributed by atoms with Crippen LogP contribution < -0.4 is 16.4 Å². The van der Waals surface area contributed by atoms with Gasteiger partial charge in [-0.1, -0.05) is 175 Å². The van der Waals surface area contributed by atoms with E-state index in [1.165, 1.54) is 24.3 Å². The van der Waals surface area contributed by atoms with Gasteiger partial charge in [0.15, 0.2) is 0 Å². The van der Waals surface area contributed by atoms with E-state index in [2.05, 4.69) is 20.6 Å². The number of benzene rings is 11. The van der Waals surface area contributed by atoms with Gasteiger partial charge in [0.1, 0.15) is 10.3 Å². The summed E-state index contributed by atoms with van der Waals surface area (Å²) in [5, 5.41) is 5.38. The number of halogens is 4. The Bertz CT molecular complexity index is 4080. The van der Waals surface area contributed by atoms with E-state index in [4.69, 9.17) is 71.6 Å². The Morgan fingerprint density at radius 3 is 0.773 bits per heavy atom. The number of nitrogens with one attached hydrogen (secondary N) is 2. The van der Waals surface area contributed by atoms with E-state index in [1.54, 1.807) is 24.3 Å². The van der Waals surface area contributed by atoms with Crippen LogP contribution in [-0.4, -0.2) is 56.6 Å². The van der Waals surface area contributed by atoms with Gasteiger partial charge in [-0.2, -0.15) is 0 Å². The average molecular weight is 1370 g/mol. The molecule has 13 nitrogen and oxygen atoms in total. The fourth-order valence-electron chi connectivity index (χ4n) is 8.27. The summed E-state index contributed by atoms with van der Waals surface area (Å²) < 4.78 is 12.0. The first-order valence-corrected chi connectivity index (χ1v) is 32.0. The quantitative estimate of drug-likeness (QED) is 0.0372. The van der Waals surface area contributed by atoms with Gasteiger partial charge < -0.3 is 25.8 Å². The highest BCUT2D eigenvalue weighted by Crippen LogP contribution is 2.22. The average Bonchev–Trinajstić information content (AvgIpc) is 1.21. The molecular weight excluding hydrogens is 1300 g/mol. The highest BCUT2D eigenvalue weighted by Gasteiger charge is 2.14. The molecule has 0 fully saturated rings. The number of hydrogen-bond donors (Lipinski definition) is 3. The molecule has 0 heterocycles. The normalized spacial score (nSPS) is 11.1. The molecule has 97 heavy (non-hydrogen) atoms. The first kappa shape index (κ1) is 73.4. The number of para-hydroxylation sites is 7. The third-order valence-corrected chi connectivity index (χ3v) is 14.0. The molecule has 488 valence electrons. The zero-order valence-corrected chi connectivity index (χ0v) is 56.5. The van der Waals surface area contributed by atoms with Crippen LogP contribution in [0.1, 0.15) is 91.4 Å². The molecular formula is C80H69Cl4N7O6. The summed E-state index contributed by atoms with van der Waals surface area (Å²) in [7, 11) is 0. The van der Waals surface area contributed by atoms with Crippen LogP contribution in [0.5, 0.6) is 0 Å². The predicted molar refractivity (Wildman–Crippen MR) is 400 cm³/mol. The predicted octanol–water partition coefficient (Wildman–Crippen LogP) is 20.9. The zero-order valence-electron chi connectivity index (χ0n) is 53.4. The van der Waals surface area contributed by atoms with Crippen LogP contribution >= 0.6 is 46.4 Å². The summed E-state index contributed by atoms with van der Waals surface area (Å²) in [4.78, 5) is 63.7.